The van der Waals surface area contributed by atoms with Gasteiger partial charge in [0.1, 0.15) is 5.82 Å². The monoisotopic (exact) mass is 310 g/mol. The largest absolute Gasteiger partial charge is 0.360 e. The molecule has 2 aromatic rings. The Morgan fingerprint density at radius 1 is 1.33 bits per heavy atom. The third kappa shape index (κ3) is 2.93. The number of amides is 1. The Balaban J connectivity index is 2.39. The molecular weight excluding hydrogens is 295 g/mol. The van der Waals surface area contributed by atoms with Gasteiger partial charge in [0.15, 0.2) is 0 Å². The van der Waals surface area contributed by atoms with Crippen molar-refractivity contribution in [3.63, 3.8) is 0 Å². The molecule has 1 aromatic heterocycles. The van der Waals surface area contributed by atoms with Crippen LogP contribution in [0, 0.1) is 5.82 Å². The molecule has 0 bridgehead atoms. The summed E-state index contributed by atoms with van der Waals surface area (Å²) < 4.78 is 13.6. The summed E-state index contributed by atoms with van der Waals surface area (Å²) in [4.78, 5) is 28.8. The lowest BCUT2D eigenvalue weighted by molar-refractivity contribution is -0.126. The van der Waals surface area contributed by atoms with E-state index in [0.717, 1.165) is 6.42 Å². The van der Waals surface area contributed by atoms with Gasteiger partial charge in [0.2, 0.25) is 0 Å². The lowest BCUT2D eigenvalue weighted by Gasteiger charge is -2.18. The van der Waals surface area contributed by atoms with Crippen molar-refractivity contribution in [2.24, 2.45) is 0 Å². The van der Waals surface area contributed by atoms with Crippen molar-refractivity contribution < 1.29 is 14.0 Å². The van der Waals surface area contributed by atoms with E-state index < -0.39 is 17.5 Å². The van der Waals surface area contributed by atoms with Crippen LogP contribution in [0.2, 0.25) is 5.02 Å². The number of H-pyrrole nitrogens is 1. The predicted molar refractivity (Wildman–Crippen MR) is 80.1 cm³/mol. The fourth-order valence-corrected chi connectivity index (χ4v) is 2.40. The first kappa shape index (κ1) is 15.5. The van der Waals surface area contributed by atoms with Crippen molar-refractivity contribution in [2.75, 3.05) is 13.1 Å². The molecule has 1 amide bonds. The third-order valence-electron chi connectivity index (χ3n) is 3.32. The molecule has 4 nitrogen and oxygen atoms in total. The van der Waals surface area contributed by atoms with Crippen molar-refractivity contribution in [3.8, 4) is 0 Å². The van der Waals surface area contributed by atoms with Gasteiger partial charge in [0.25, 0.3) is 11.7 Å². The molecular formula is C15H16ClFN2O2. The van der Waals surface area contributed by atoms with Gasteiger partial charge < -0.3 is 9.88 Å². The molecule has 0 unspecified atom stereocenters. The highest BCUT2D eigenvalue weighted by Gasteiger charge is 2.24. The molecule has 0 saturated heterocycles. The quantitative estimate of drug-likeness (QED) is 0.679. The smallest absolute Gasteiger partial charge is 0.295 e. The van der Waals surface area contributed by atoms with Crippen molar-refractivity contribution in [3.05, 3.63) is 34.7 Å². The molecule has 0 spiro atoms. The summed E-state index contributed by atoms with van der Waals surface area (Å²) in [6.07, 6.45) is 2.19. The van der Waals surface area contributed by atoms with Crippen molar-refractivity contribution in [1.29, 1.82) is 0 Å². The zero-order chi connectivity index (χ0) is 15.6. The van der Waals surface area contributed by atoms with Gasteiger partial charge in [-0.05, 0) is 25.5 Å². The summed E-state index contributed by atoms with van der Waals surface area (Å²) in [5, 5.41) is 0.332. The van der Waals surface area contributed by atoms with E-state index in [9.17, 15) is 14.0 Å². The first-order valence-electron chi connectivity index (χ1n) is 6.79. The number of rotatable bonds is 5. The number of fused-ring (bicyclic) bond motifs is 1. The van der Waals surface area contributed by atoms with Gasteiger partial charge in [-0.1, -0.05) is 18.5 Å². The van der Waals surface area contributed by atoms with E-state index in [1.54, 1.807) is 0 Å². The number of hydrogen-bond donors (Lipinski definition) is 1. The molecule has 0 atom stereocenters. The summed E-state index contributed by atoms with van der Waals surface area (Å²) in [5.74, 6) is -1.83. The van der Waals surface area contributed by atoms with Crippen LogP contribution in [0.5, 0.6) is 0 Å². The first-order chi connectivity index (χ1) is 9.99. The Labute approximate surface area is 126 Å². The molecule has 0 aliphatic heterocycles. The molecule has 0 aliphatic rings. The van der Waals surface area contributed by atoms with E-state index in [2.05, 4.69) is 4.98 Å². The van der Waals surface area contributed by atoms with E-state index in [0.29, 0.717) is 24.0 Å². The lowest BCUT2D eigenvalue weighted by Crippen LogP contribution is -2.36. The van der Waals surface area contributed by atoms with Crippen molar-refractivity contribution in [1.82, 2.24) is 9.88 Å². The topological polar surface area (TPSA) is 53.2 Å². The molecule has 112 valence electrons. The van der Waals surface area contributed by atoms with Crippen LogP contribution in [-0.2, 0) is 4.79 Å². The first-order valence-corrected chi connectivity index (χ1v) is 7.17. The summed E-state index contributed by atoms with van der Waals surface area (Å²) in [6, 6.07) is 2.57. The summed E-state index contributed by atoms with van der Waals surface area (Å²) in [5.41, 5.74) is 0.691. The van der Waals surface area contributed by atoms with Crippen LogP contribution in [0.1, 0.15) is 30.6 Å². The predicted octanol–water partition coefficient (Wildman–Crippen LogP) is 3.40. The van der Waals surface area contributed by atoms with Gasteiger partial charge in [-0.2, -0.15) is 0 Å². The van der Waals surface area contributed by atoms with Crippen LogP contribution in [0.3, 0.4) is 0 Å². The summed E-state index contributed by atoms with van der Waals surface area (Å²) in [6.45, 7) is 4.73. The van der Waals surface area contributed by atoms with E-state index in [4.69, 9.17) is 11.6 Å². The van der Waals surface area contributed by atoms with Crippen LogP contribution >= 0.6 is 11.6 Å². The Morgan fingerprint density at radius 2 is 2.05 bits per heavy atom. The molecule has 1 N–H and O–H groups in total. The van der Waals surface area contributed by atoms with E-state index in [1.165, 1.54) is 23.2 Å². The Kier molecular flexibility index (Phi) is 4.63. The van der Waals surface area contributed by atoms with Crippen LogP contribution in [-0.4, -0.2) is 34.7 Å². The Bertz CT molecular complexity index is 696. The SMILES string of the molecule is CCCN(CC)C(=O)C(=O)c1c[nH]c2cc(Cl)c(F)cc12. The second-order valence-electron chi connectivity index (χ2n) is 4.73. The van der Waals surface area contributed by atoms with Gasteiger partial charge in [-0.15, -0.1) is 0 Å². The zero-order valence-corrected chi connectivity index (χ0v) is 12.6. The maximum absolute atomic E-state index is 13.6. The lowest BCUT2D eigenvalue weighted by atomic mass is 10.1. The number of ketones is 1. The van der Waals surface area contributed by atoms with Crippen LogP contribution in [0.4, 0.5) is 4.39 Å². The van der Waals surface area contributed by atoms with Gasteiger partial charge in [0.05, 0.1) is 10.6 Å². The minimum absolute atomic E-state index is 0.0316. The minimum Gasteiger partial charge on any atom is -0.360 e. The minimum atomic E-state index is -0.640. The molecule has 2 rings (SSSR count). The van der Waals surface area contributed by atoms with Crippen LogP contribution in [0.15, 0.2) is 18.3 Å². The normalized spacial score (nSPS) is 10.9. The maximum Gasteiger partial charge on any atom is 0.295 e. The average molecular weight is 311 g/mol. The zero-order valence-electron chi connectivity index (χ0n) is 11.9. The number of nitrogens with zero attached hydrogens (tertiary/aromatic N) is 1. The van der Waals surface area contributed by atoms with Gasteiger partial charge in [-0.3, -0.25) is 9.59 Å². The Morgan fingerprint density at radius 3 is 2.67 bits per heavy atom. The molecule has 6 heteroatoms. The summed E-state index contributed by atoms with van der Waals surface area (Å²) >= 11 is 5.70. The number of likely N-dealkylation sites (N-methyl/N-ethyl adjacent to an activating group) is 1. The number of carbonyl (C=O) groups excluding carboxylic acids is 2. The molecule has 0 aliphatic carbocycles. The Hall–Kier alpha value is -1.88. The molecule has 1 aromatic carbocycles. The van der Waals surface area contributed by atoms with Crippen LogP contribution < -0.4 is 0 Å². The van der Waals surface area contributed by atoms with E-state index in [-0.39, 0.29) is 10.6 Å². The second-order valence-corrected chi connectivity index (χ2v) is 5.14. The number of hydrogen-bond acceptors (Lipinski definition) is 2. The molecule has 21 heavy (non-hydrogen) atoms. The number of nitrogens with one attached hydrogen (secondary N) is 1. The third-order valence-corrected chi connectivity index (χ3v) is 3.61. The number of carbonyl (C=O) groups is 2. The van der Waals surface area contributed by atoms with Gasteiger partial charge in [-0.25, -0.2) is 4.39 Å². The highest BCUT2D eigenvalue weighted by atomic mass is 35.5. The second kappa shape index (κ2) is 6.26. The molecule has 0 saturated carbocycles. The number of benzene rings is 1. The van der Waals surface area contributed by atoms with Crippen molar-refractivity contribution in [2.45, 2.75) is 20.3 Å². The highest BCUT2D eigenvalue weighted by molar-refractivity contribution is 6.45. The summed E-state index contributed by atoms with van der Waals surface area (Å²) in [7, 11) is 0. The number of Topliss-reactive ketones (excluding diaryl/α,β-unsaturated/α-hetero) is 1. The van der Waals surface area contributed by atoms with Crippen molar-refractivity contribution >= 4 is 34.2 Å². The maximum atomic E-state index is 13.6. The fourth-order valence-electron chi connectivity index (χ4n) is 2.24. The number of aromatic nitrogens is 1. The van der Waals surface area contributed by atoms with E-state index >= 15 is 0 Å². The molecule has 0 fully saturated rings. The standard InChI is InChI=1S/C15H16ClFN2O2/c1-3-5-19(4-2)15(21)14(20)10-8-18-13-7-11(16)12(17)6-9(10)13/h6-8,18H,3-5H2,1-2H3. The van der Waals surface area contributed by atoms with Crippen LogP contribution in [0.25, 0.3) is 10.9 Å². The molecule has 0 radical (unpaired) electrons. The van der Waals surface area contributed by atoms with Gasteiger partial charge in [0, 0.05) is 30.2 Å². The average Bonchev–Trinajstić information content (AvgIpc) is 2.86. The van der Waals surface area contributed by atoms with E-state index in [1.807, 2.05) is 13.8 Å². The number of aromatic amines is 1. The highest BCUT2D eigenvalue weighted by Crippen LogP contribution is 2.25. The van der Waals surface area contributed by atoms with Gasteiger partial charge >= 0.3 is 0 Å². The molecule has 1 heterocycles. The number of halogens is 2. The fraction of sp³-hybridized carbons (Fsp3) is 0.333.